The van der Waals surface area contributed by atoms with E-state index in [9.17, 15) is 18.7 Å². The summed E-state index contributed by atoms with van der Waals surface area (Å²) in [6.45, 7) is 3.34. The highest BCUT2D eigenvalue weighted by Gasteiger charge is 2.26. The third kappa shape index (κ3) is 6.17. The fraction of sp³-hybridized carbons (Fsp3) is 0.379. The highest BCUT2D eigenvalue weighted by molar-refractivity contribution is 6.30. The van der Waals surface area contributed by atoms with Crippen molar-refractivity contribution in [2.24, 2.45) is 0 Å². The van der Waals surface area contributed by atoms with Crippen molar-refractivity contribution in [1.82, 2.24) is 24.4 Å². The number of benzene rings is 1. The molecule has 0 saturated carbocycles. The Hall–Kier alpha value is -3.67. The number of piperidine rings is 1. The second kappa shape index (κ2) is 11.7. The molecule has 1 aromatic carbocycles. The summed E-state index contributed by atoms with van der Waals surface area (Å²) in [6.07, 6.45) is 2.34. The number of nitrogens with zero attached hydrogens (tertiary/aromatic N) is 5. The highest BCUT2D eigenvalue weighted by Crippen LogP contribution is 2.25. The Morgan fingerprint density at radius 1 is 1.05 bits per heavy atom. The second-order valence-corrected chi connectivity index (χ2v) is 10.8. The molecule has 2 fully saturated rings. The van der Waals surface area contributed by atoms with Crippen molar-refractivity contribution in [3.05, 3.63) is 81.9 Å². The number of likely N-dealkylation sites (tertiary alicyclic amines) is 1. The van der Waals surface area contributed by atoms with Crippen molar-refractivity contribution in [2.45, 2.75) is 51.0 Å². The van der Waals surface area contributed by atoms with Gasteiger partial charge in [0.1, 0.15) is 29.1 Å². The standard InChI is InChI=1S/C29H28ClF2N5O4/c30-18-2-1-17(22(32)14-18)13-25-21(31)3-6-27(34-25)41-19-7-10-36(11-8-19)16-26-33-23-4-5-24(29(38)39)35-28(23)37(26)15-20-9-12-40-20/h1-6,14,19-20H,7-13,15-16H2,(H,38,39). The first-order valence-electron chi connectivity index (χ1n) is 13.5. The molecule has 4 aromatic rings. The predicted molar refractivity (Wildman–Crippen MR) is 146 cm³/mol. The Kier molecular flexibility index (Phi) is 7.83. The summed E-state index contributed by atoms with van der Waals surface area (Å²) in [5, 5.41) is 9.68. The van der Waals surface area contributed by atoms with Crippen molar-refractivity contribution in [3.63, 3.8) is 0 Å². The maximum atomic E-state index is 14.5. The molecule has 0 aliphatic carbocycles. The van der Waals surface area contributed by atoms with Crippen LogP contribution in [0, 0.1) is 11.6 Å². The number of aromatic carboxylic acids is 1. The number of fused-ring (bicyclic) bond motifs is 1. The first-order chi connectivity index (χ1) is 19.8. The van der Waals surface area contributed by atoms with Gasteiger partial charge >= 0.3 is 5.97 Å². The van der Waals surface area contributed by atoms with Crippen molar-refractivity contribution in [2.75, 3.05) is 19.7 Å². The van der Waals surface area contributed by atoms with Crippen molar-refractivity contribution in [1.29, 1.82) is 0 Å². The minimum absolute atomic E-state index is 0.0137. The molecule has 0 radical (unpaired) electrons. The summed E-state index contributed by atoms with van der Waals surface area (Å²) in [6, 6.07) is 10.2. The molecule has 12 heteroatoms. The predicted octanol–water partition coefficient (Wildman–Crippen LogP) is 4.88. The van der Waals surface area contributed by atoms with E-state index < -0.39 is 17.6 Å². The van der Waals surface area contributed by atoms with Crippen molar-refractivity contribution < 1.29 is 28.2 Å². The molecule has 1 unspecified atom stereocenters. The van der Waals surface area contributed by atoms with Gasteiger partial charge in [0.25, 0.3) is 0 Å². The summed E-state index contributed by atoms with van der Waals surface area (Å²) < 4.78 is 42.4. The van der Waals surface area contributed by atoms with E-state index in [4.69, 9.17) is 26.1 Å². The van der Waals surface area contributed by atoms with Gasteiger partial charge in [0, 0.05) is 37.2 Å². The van der Waals surface area contributed by atoms with Gasteiger partial charge in [0.2, 0.25) is 5.88 Å². The summed E-state index contributed by atoms with van der Waals surface area (Å²) in [4.78, 5) is 27.2. The average Bonchev–Trinajstić information content (AvgIpc) is 3.26. The van der Waals surface area contributed by atoms with Crippen molar-refractivity contribution >= 4 is 28.7 Å². The fourth-order valence-electron chi connectivity index (χ4n) is 5.17. The summed E-state index contributed by atoms with van der Waals surface area (Å²) in [5.41, 5.74) is 1.59. The van der Waals surface area contributed by atoms with Crippen LogP contribution in [0.25, 0.3) is 11.2 Å². The van der Waals surface area contributed by atoms with Crippen molar-refractivity contribution in [3.8, 4) is 5.88 Å². The molecule has 1 atom stereocenters. The van der Waals surface area contributed by atoms with Crippen LogP contribution in [0.3, 0.4) is 0 Å². The lowest BCUT2D eigenvalue weighted by atomic mass is 10.1. The molecular weight excluding hydrogens is 556 g/mol. The topological polar surface area (TPSA) is 103 Å². The third-order valence-corrected chi connectivity index (χ3v) is 7.76. The Labute approximate surface area is 239 Å². The average molecular weight is 584 g/mol. The van der Waals surface area contributed by atoms with E-state index >= 15 is 0 Å². The van der Waals surface area contributed by atoms with Gasteiger partial charge in [0.05, 0.1) is 24.9 Å². The number of carboxylic acids is 1. The Balaban J connectivity index is 1.11. The smallest absolute Gasteiger partial charge is 0.354 e. The molecule has 0 spiro atoms. The van der Waals surface area contributed by atoms with E-state index in [2.05, 4.69) is 14.9 Å². The molecule has 9 nitrogen and oxygen atoms in total. The fourth-order valence-corrected chi connectivity index (χ4v) is 5.33. The quantitative estimate of drug-likeness (QED) is 0.297. The van der Waals surface area contributed by atoms with E-state index in [1.54, 1.807) is 12.1 Å². The molecule has 0 bridgehead atoms. The number of rotatable bonds is 9. The second-order valence-electron chi connectivity index (χ2n) is 10.3. The number of hydrogen-bond acceptors (Lipinski definition) is 7. The zero-order valence-corrected chi connectivity index (χ0v) is 22.9. The van der Waals surface area contributed by atoms with Crippen LogP contribution in [0.15, 0.2) is 42.5 Å². The van der Waals surface area contributed by atoms with Crippen LogP contribution in [0.5, 0.6) is 5.88 Å². The van der Waals surface area contributed by atoms with Gasteiger partial charge in [-0.3, -0.25) is 4.90 Å². The maximum absolute atomic E-state index is 14.5. The molecule has 6 rings (SSSR count). The van der Waals surface area contributed by atoms with Gasteiger partial charge in [-0.1, -0.05) is 17.7 Å². The molecule has 0 amide bonds. The molecule has 2 aliphatic heterocycles. The molecule has 1 N–H and O–H groups in total. The van der Waals surface area contributed by atoms with E-state index in [0.29, 0.717) is 35.7 Å². The molecule has 5 heterocycles. The number of imidazole rings is 1. The van der Waals surface area contributed by atoms with Gasteiger partial charge < -0.3 is 19.1 Å². The first kappa shape index (κ1) is 27.5. The van der Waals surface area contributed by atoms with Crippen LogP contribution < -0.4 is 4.74 Å². The minimum Gasteiger partial charge on any atom is -0.477 e. The number of carboxylic acid groups (broad SMARTS) is 1. The summed E-state index contributed by atoms with van der Waals surface area (Å²) in [5.74, 6) is -1.00. The number of pyridine rings is 2. The normalized spacial score (nSPS) is 18.0. The largest absolute Gasteiger partial charge is 0.477 e. The lowest BCUT2D eigenvalue weighted by Gasteiger charge is -2.32. The van der Waals surface area contributed by atoms with Crippen LogP contribution in [-0.4, -0.2) is 67.4 Å². The van der Waals surface area contributed by atoms with Gasteiger partial charge in [-0.25, -0.2) is 28.5 Å². The lowest BCUT2D eigenvalue weighted by molar-refractivity contribution is -0.0593. The van der Waals surface area contributed by atoms with Gasteiger partial charge in [-0.2, -0.15) is 0 Å². The zero-order valence-electron chi connectivity index (χ0n) is 22.1. The maximum Gasteiger partial charge on any atom is 0.354 e. The lowest BCUT2D eigenvalue weighted by Crippen LogP contribution is -2.39. The highest BCUT2D eigenvalue weighted by atomic mass is 35.5. The van der Waals surface area contributed by atoms with Gasteiger partial charge in [-0.05, 0) is 55.2 Å². The Morgan fingerprint density at radius 2 is 1.85 bits per heavy atom. The first-order valence-corrected chi connectivity index (χ1v) is 13.9. The number of halogens is 3. The minimum atomic E-state index is -1.08. The molecule has 41 heavy (non-hydrogen) atoms. The molecular formula is C29H28ClF2N5O4. The van der Waals surface area contributed by atoms with Crippen LogP contribution in [0.2, 0.25) is 5.02 Å². The van der Waals surface area contributed by atoms with Crippen LogP contribution in [-0.2, 0) is 24.2 Å². The van der Waals surface area contributed by atoms with Crippen LogP contribution >= 0.6 is 11.6 Å². The number of aromatic nitrogens is 4. The molecule has 2 aliphatic rings. The number of hydrogen-bond donors (Lipinski definition) is 1. The van der Waals surface area contributed by atoms with Crippen LogP contribution in [0.4, 0.5) is 8.78 Å². The Morgan fingerprint density at radius 3 is 2.56 bits per heavy atom. The molecule has 3 aromatic heterocycles. The number of carbonyl (C=O) groups is 1. The summed E-state index contributed by atoms with van der Waals surface area (Å²) >= 11 is 5.83. The zero-order chi connectivity index (χ0) is 28.5. The number of ether oxygens (including phenoxy) is 2. The third-order valence-electron chi connectivity index (χ3n) is 7.52. The van der Waals surface area contributed by atoms with Gasteiger partial charge in [0.15, 0.2) is 11.3 Å². The summed E-state index contributed by atoms with van der Waals surface area (Å²) in [7, 11) is 0. The van der Waals surface area contributed by atoms with E-state index in [1.165, 1.54) is 30.3 Å². The molecule has 214 valence electrons. The van der Waals surface area contributed by atoms with E-state index in [-0.39, 0.29) is 35.0 Å². The molecule has 2 saturated heterocycles. The SMILES string of the molecule is O=C(O)c1ccc2nc(CN3CCC(Oc4ccc(F)c(Cc5ccc(Cl)cc5F)n4)CC3)n(CC3CCO3)c2n1. The monoisotopic (exact) mass is 583 g/mol. The van der Waals surface area contributed by atoms with E-state index in [1.807, 2.05) is 4.57 Å². The van der Waals surface area contributed by atoms with Crippen LogP contribution in [0.1, 0.15) is 46.8 Å². The van der Waals surface area contributed by atoms with Gasteiger partial charge in [-0.15, -0.1) is 0 Å². The Bertz CT molecular complexity index is 1590. The van der Waals surface area contributed by atoms with E-state index in [0.717, 1.165) is 44.8 Å².